The molecule has 0 bridgehead atoms. The second-order valence-electron chi connectivity index (χ2n) is 5.87. The fourth-order valence-corrected chi connectivity index (χ4v) is 4.41. The molecule has 0 radical (unpaired) electrons. The quantitative estimate of drug-likeness (QED) is 0.607. The largest absolute Gasteiger partial charge is 0.463 e. The lowest BCUT2D eigenvalue weighted by atomic mass is 9.96. The molecule has 0 unspecified atom stereocenters. The normalized spacial score (nSPS) is 17.1. The molecule has 3 heterocycles. The SMILES string of the molecule is C(=Nn1c(-c2ccco2)csc1=NC1CCCCC1)c1cccs1. The van der Waals surface area contributed by atoms with Crippen LogP contribution in [0, 0.1) is 0 Å². The molecule has 0 atom stereocenters. The van der Waals surface area contributed by atoms with Crippen LogP contribution in [0.15, 0.2) is 55.8 Å². The van der Waals surface area contributed by atoms with E-state index in [2.05, 4.69) is 21.9 Å². The predicted molar refractivity (Wildman–Crippen MR) is 99.8 cm³/mol. The molecule has 3 aromatic rings. The monoisotopic (exact) mass is 357 g/mol. The van der Waals surface area contributed by atoms with Crippen molar-refractivity contribution in [2.75, 3.05) is 0 Å². The van der Waals surface area contributed by atoms with Crippen LogP contribution in [0.2, 0.25) is 0 Å². The fourth-order valence-electron chi connectivity index (χ4n) is 2.94. The summed E-state index contributed by atoms with van der Waals surface area (Å²) in [5.74, 6) is 0.819. The number of thiophene rings is 1. The molecule has 0 aliphatic heterocycles. The van der Waals surface area contributed by atoms with E-state index in [4.69, 9.17) is 9.41 Å². The molecule has 0 spiro atoms. The Morgan fingerprint density at radius 1 is 1.12 bits per heavy atom. The summed E-state index contributed by atoms with van der Waals surface area (Å²) in [4.78, 5) is 7.05. The lowest BCUT2D eigenvalue weighted by Crippen LogP contribution is -2.18. The molecule has 1 saturated carbocycles. The van der Waals surface area contributed by atoms with Gasteiger partial charge in [-0.05, 0) is 36.4 Å². The van der Waals surface area contributed by atoms with Gasteiger partial charge in [0.05, 0.1) is 18.5 Å². The molecule has 4 rings (SSSR count). The van der Waals surface area contributed by atoms with Gasteiger partial charge >= 0.3 is 0 Å². The Labute approximate surface area is 148 Å². The first kappa shape index (κ1) is 15.6. The maximum atomic E-state index is 5.57. The van der Waals surface area contributed by atoms with Crippen molar-refractivity contribution in [1.82, 2.24) is 4.68 Å². The summed E-state index contributed by atoms with van der Waals surface area (Å²) in [6, 6.07) is 8.38. The number of hydrogen-bond donors (Lipinski definition) is 0. The minimum absolute atomic E-state index is 0.421. The molecule has 124 valence electrons. The topological polar surface area (TPSA) is 42.8 Å². The molecule has 3 aromatic heterocycles. The Kier molecular flexibility index (Phi) is 4.76. The van der Waals surface area contributed by atoms with Crippen LogP contribution in [0.4, 0.5) is 0 Å². The Morgan fingerprint density at radius 3 is 2.79 bits per heavy atom. The summed E-state index contributed by atoms with van der Waals surface area (Å²) in [7, 11) is 0. The molecule has 6 heteroatoms. The average Bonchev–Trinajstić information content (AvgIpc) is 3.36. The zero-order valence-corrected chi connectivity index (χ0v) is 14.9. The van der Waals surface area contributed by atoms with Crippen molar-refractivity contribution in [1.29, 1.82) is 0 Å². The maximum Gasteiger partial charge on any atom is 0.206 e. The third-order valence-electron chi connectivity index (χ3n) is 4.17. The smallest absolute Gasteiger partial charge is 0.206 e. The van der Waals surface area contributed by atoms with Crippen LogP contribution < -0.4 is 4.80 Å². The van der Waals surface area contributed by atoms with Crippen molar-refractivity contribution in [3.05, 3.63) is 51.0 Å². The van der Waals surface area contributed by atoms with Gasteiger partial charge in [0, 0.05) is 10.3 Å². The van der Waals surface area contributed by atoms with Gasteiger partial charge in [-0.3, -0.25) is 4.99 Å². The average molecular weight is 358 g/mol. The summed E-state index contributed by atoms with van der Waals surface area (Å²) >= 11 is 3.31. The first-order valence-electron chi connectivity index (χ1n) is 8.26. The molecule has 1 aliphatic carbocycles. The Balaban J connectivity index is 1.74. The number of hydrogen-bond acceptors (Lipinski definition) is 5. The van der Waals surface area contributed by atoms with Crippen molar-refractivity contribution >= 4 is 28.9 Å². The zero-order chi connectivity index (χ0) is 16.2. The standard InChI is InChI=1S/C18H19N3OS2/c1-2-6-14(7-3-1)20-18-21(19-12-15-8-5-11-23-15)16(13-24-18)17-9-4-10-22-17/h4-5,8-14H,1-3,6-7H2. The van der Waals surface area contributed by atoms with E-state index < -0.39 is 0 Å². The number of rotatable bonds is 4. The summed E-state index contributed by atoms with van der Waals surface area (Å²) in [6.07, 6.45) is 9.85. The van der Waals surface area contributed by atoms with Gasteiger partial charge in [-0.1, -0.05) is 25.3 Å². The lowest BCUT2D eigenvalue weighted by Gasteiger charge is -2.16. The van der Waals surface area contributed by atoms with Gasteiger partial charge < -0.3 is 4.42 Å². The van der Waals surface area contributed by atoms with E-state index in [9.17, 15) is 0 Å². The van der Waals surface area contributed by atoms with Gasteiger partial charge in [0.25, 0.3) is 0 Å². The highest BCUT2D eigenvalue weighted by atomic mass is 32.1. The van der Waals surface area contributed by atoms with Crippen molar-refractivity contribution in [2.24, 2.45) is 10.1 Å². The molecule has 0 aromatic carbocycles. The molecule has 0 N–H and O–H groups in total. The Morgan fingerprint density at radius 2 is 2.04 bits per heavy atom. The molecular weight excluding hydrogens is 338 g/mol. The van der Waals surface area contributed by atoms with Gasteiger partial charge in [-0.25, -0.2) is 4.68 Å². The van der Waals surface area contributed by atoms with Crippen LogP contribution >= 0.6 is 22.7 Å². The Bertz CT molecular complexity index is 851. The van der Waals surface area contributed by atoms with E-state index in [1.165, 1.54) is 32.1 Å². The first-order chi connectivity index (χ1) is 11.9. The van der Waals surface area contributed by atoms with Crippen molar-refractivity contribution in [2.45, 2.75) is 38.1 Å². The van der Waals surface area contributed by atoms with E-state index in [0.29, 0.717) is 6.04 Å². The molecule has 1 fully saturated rings. The van der Waals surface area contributed by atoms with Crippen LogP contribution in [0.3, 0.4) is 0 Å². The molecule has 4 nitrogen and oxygen atoms in total. The highest BCUT2D eigenvalue weighted by Crippen LogP contribution is 2.23. The fraction of sp³-hybridized carbons (Fsp3) is 0.333. The van der Waals surface area contributed by atoms with Gasteiger partial charge in [0.1, 0.15) is 5.69 Å². The van der Waals surface area contributed by atoms with Crippen LogP contribution in [0.5, 0.6) is 0 Å². The maximum absolute atomic E-state index is 5.57. The van der Waals surface area contributed by atoms with Crippen molar-refractivity contribution in [3.63, 3.8) is 0 Å². The van der Waals surface area contributed by atoms with Gasteiger partial charge in [-0.2, -0.15) is 5.10 Å². The molecule has 0 saturated heterocycles. The number of aromatic nitrogens is 1. The highest BCUT2D eigenvalue weighted by molar-refractivity contribution is 7.11. The van der Waals surface area contributed by atoms with E-state index in [0.717, 1.165) is 21.1 Å². The van der Waals surface area contributed by atoms with E-state index in [1.54, 1.807) is 28.9 Å². The second kappa shape index (κ2) is 7.32. The van der Waals surface area contributed by atoms with Crippen LogP contribution in [0.1, 0.15) is 37.0 Å². The lowest BCUT2D eigenvalue weighted by molar-refractivity contribution is 0.435. The molecular formula is C18H19N3OS2. The van der Waals surface area contributed by atoms with Crippen LogP contribution in [-0.2, 0) is 0 Å². The van der Waals surface area contributed by atoms with Gasteiger partial charge in [0.2, 0.25) is 4.80 Å². The Hall–Kier alpha value is -1.92. The van der Waals surface area contributed by atoms with E-state index >= 15 is 0 Å². The molecule has 0 amide bonds. The van der Waals surface area contributed by atoms with Crippen LogP contribution in [0.25, 0.3) is 11.5 Å². The minimum Gasteiger partial charge on any atom is -0.463 e. The summed E-state index contributed by atoms with van der Waals surface area (Å²) in [6.45, 7) is 0. The third-order valence-corrected chi connectivity index (χ3v) is 5.81. The zero-order valence-electron chi connectivity index (χ0n) is 13.3. The van der Waals surface area contributed by atoms with E-state index in [-0.39, 0.29) is 0 Å². The minimum atomic E-state index is 0.421. The predicted octanol–water partition coefficient (Wildman–Crippen LogP) is 4.99. The summed E-state index contributed by atoms with van der Waals surface area (Å²) in [5, 5.41) is 8.82. The number of thiazole rings is 1. The molecule has 24 heavy (non-hydrogen) atoms. The van der Waals surface area contributed by atoms with Gasteiger partial charge in [0.15, 0.2) is 5.76 Å². The second-order valence-corrected chi connectivity index (χ2v) is 7.69. The summed E-state index contributed by atoms with van der Waals surface area (Å²) in [5.41, 5.74) is 0.951. The first-order valence-corrected chi connectivity index (χ1v) is 10.0. The summed E-state index contributed by atoms with van der Waals surface area (Å²) < 4.78 is 7.49. The third kappa shape index (κ3) is 3.44. The number of furan rings is 1. The highest BCUT2D eigenvalue weighted by Gasteiger charge is 2.14. The van der Waals surface area contributed by atoms with Crippen LogP contribution in [-0.4, -0.2) is 16.9 Å². The molecule has 1 aliphatic rings. The van der Waals surface area contributed by atoms with Crippen molar-refractivity contribution in [3.8, 4) is 11.5 Å². The number of nitrogens with zero attached hydrogens (tertiary/aromatic N) is 3. The van der Waals surface area contributed by atoms with Gasteiger partial charge in [-0.15, -0.1) is 22.7 Å². The van der Waals surface area contributed by atoms with Crippen molar-refractivity contribution < 1.29 is 4.42 Å². The van der Waals surface area contributed by atoms with E-state index in [1.807, 2.05) is 29.1 Å².